The molecule has 2 nitrogen and oxygen atoms in total. The summed E-state index contributed by atoms with van der Waals surface area (Å²) in [6, 6.07) is 8.13. The first kappa shape index (κ1) is 9.10. The minimum atomic E-state index is 0.223. The van der Waals surface area contributed by atoms with Crippen molar-refractivity contribution in [2.75, 3.05) is 20.1 Å². The third-order valence-corrected chi connectivity index (χ3v) is 3.78. The summed E-state index contributed by atoms with van der Waals surface area (Å²) in [5.74, 6) is 1.08. The Kier molecular flexibility index (Phi) is 1.93. The van der Waals surface area contributed by atoms with Crippen molar-refractivity contribution in [1.82, 2.24) is 4.90 Å². The second-order valence-electron chi connectivity index (χ2n) is 4.72. The van der Waals surface area contributed by atoms with Crippen LogP contribution in [0.3, 0.4) is 0 Å². The lowest BCUT2D eigenvalue weighted by Crippen LogP contribution is -2.37. The number of piperidine rings is 1. The Balaban J connectivity index is 2.05. The van der Waals surface area contributed by atoms with Gasteiger partial charge in [0, 0.05) is 18.0 Å². The van der Waals surface area contributed by atoms with Crippen molar-refractivity contribution in [3.63, 3.8) is 0 Å². The number of carbonyl (C=O) groups is 1. The second kappa shape index (κ2) is 3.17. The molecule has 1 aliphatic heterocycles. The largest absolute Gasteiger partial charge is 0.306 e. The van der Waals surface area contributed by atoms with Crippen LogP contribution in [0.5, 0.6) is 0 Å². The number of fused-ring (bicyclic) bond motifs is 3. The highest BCUT2D eigenvalue weighted by Crippen LogP contribution is 2.42. The molecule has 0 radical (unpaired) electrons. The Morgan fingerprint density at radius 3 is 2.93 bits per heavy atom. The van der Waals surface area contributed by atoms with Gasteiger partial charge < -0.3 is 4.90 Å². The zero-order valence-corrected chi connectivity index (χ0v) is 8.94. The van der Waals surface area contributed by atoms with Crippen molar-refractivity contribution in [2.45, 2.75) is 12.3 Å². The molecule has 1 fully saturated rings. The molecule has 2 heteroatoms. The van der Waals surface area contributed by atoms with E-state index in [1.54, 1.807) is 0 Å². The molecule has 0 saturated carbocycles. The number of ketones is 1. The number of nitrogens with zero attached hydrogens (tertiary/aromatic N) is 1. The molecule has 78 valence electrons. The molecule has 0 spiro atoms. The van der Waals surface area contributed by atoms with Gasteiger partial charge in [-0.15, -0.1) is 0 Å². The monoisotopic (exact) mass is 201 g/mol. The van der Waals surface area contributed by atoms with E-state index in [1.807, 2.05) is 18.2 Å². The van der Waals surface area contributed by atoms with Crippen molar-refractivity contribution in [1.29, 1.82) is 0 Å². The maximum absolute atomic E-state index is 12.1. The Labute approximate surface area is 89.9 Å². The zero-order chi connectivity index (χ0) is 10.4. The highest BCUT2D eigenvalue weighted by molar-refractivity contribution is 6.03. The molecular weight excluding hydrogens is 186 g/mol. The number of Topliss-reactive ketones (excluding diaryl/α,β-unsaturated/α-hetero) is 1. The molecule has 1 aromatic rings. The summed E-state index contributed by atoms with van der Waals surface area (Å²) < 4.78 is 0. The molecule has 0 aromatic heterocycles. The Bertz CT molecular complexity index is 413. The molecule has 1 saturated heterocycles. The molecule has 2 aliphatic rings. The third-order valence-electron chi connectivity index (χ3n) is 3.78. The standard InChI is InChI=1S/C13H15NO/c1-14-7-6-10-9-4-2-3-5-11(9)13(15)12(10)8-14/h2-5,10,12H,6-8H2,1H3/t10-,12-/m0/s1. The lowest BCUT2D eigenvalue weighted by molar-refractivity contribution is 0.0847. The van der Waals surface area contributed by atoms with Crippen LogP contribution in [0.4, 0.5) is 0 Å². The highest BCUT2D eigenvalue weighted by Gasteiger charge is 2.41. The van der Waals surface area contributed by atoms with Gasteiger partial charge >= 0.3 is 0 Å². The molecule has 1 heterocycles. The van der Waals surface area contributed by atoms with E-state index >= 15 is 0 Å². The van der Waals surface area contributed by atoms with Crippen LogP contribution in [-0.4, -0.2) is 30.8 Å². The van der Waals surface area contributed by atoms with Crippen LogP contribution in [0.2, 0.25) is 0 Å². The Morgan fingerprint density at radius 1 is 1.27 bits per heavy atom. The van der Waals surface area contributed by atoms with Gasteiger partial charge in [0.2, 0.25) is 0 Å². The van der Waals surface area contributed by atoms with Gasteiger partial charge in [-0.3, -0.25) is 4.79 Å². The van der Waals surface area contributed by atoms with Crippen LogP contribution in [0.1, 0.15) is 28.3 Å². The molecule has 1 aromatic carbocycles. The van der Waals surface area contributed by atoms with E-state index in [2.05, 4.69) is 18.0 Å². The molecular formula is C13H15NO. The lowest BCUT2D eigenvalue weighted by atomic mass is 9.86. The van der Waals surface area contributed by atoms with E-state index in [0.29, 0.717) is 11.7 Å². The summed E-state index contributed by atoms with van der Waals surface area (Å²) in [5, 5.41) is 0. The number of hydrogen-bond donors (Lipinski definition) is 0. The minimum absolute atomic E-state index is 0.223. The van der Waals surface area contributed by atoms with Crippen molar-refractivity contribution < 1.29 is 4.79 Å². The summed E-state index contributed by atoms with van der Waals surface area (Å²) in [5.41, 5.74) is 2.27. The van der Waals surface area contributed by atoms with Gasteiger partial charge in [0.25, 0.3) is 0 Å². The number of benzene rings is 1. The highest BCUT2D eigenvalue weighted by atomic mass is 16.1. The fraction of sp³-hybridized carbons (Fsp3) is 0.462. The van der Waals surface area contributed by atoms with Gasteiger partial charge in [0.1, 0.15) is 0 Å². The zero-order valence-electron chi connectivity index (χ0n) is 8.94. The number of carbonyl (C=O) groups excluding carboxylic acids is 1. The van der Waals surface area contributed by atoms with E-state index < -0.39 is 0 Å². The minimum Gasteiger partial charge on any atom is -0.306 e. The fourth-order valence-electron chi connectivity index (χ4n) is 3.00. The molecule has 1 aliphatic carbocycles. The third kappa shape index (κ3) is 1.25. The second-order valence-corrected chi connectivity index (χ2v) is 4.72. The smallest absolute Gasteiger partial charge is 0.168 e. The average Bonchev–Trinajstić information content (AvgIpc) is 2.54. The Morgan fingerprint density at radius 2 is 2.07 bits per heavy atom. The first-order chi connectivity index (χ1) is 7.27. The quantitative estimate of drug-likeness (QED) is 0.639. The first-order valence-corrected chi connectivity index (χ1v) is 5.59. The van der Waals surface area contributed by atoms with Crippen LogP contribution in [0, 0.1) is 5.92 Å². The van der Waals surface area contributed by atoms with E-state index in [1.165, 1.54) is 5.56 Å². The molecule has 2 atom stereocenters. The Hall–Kier alpha value is -1.15. The number of likely N-dealkylation sites (tertiary alicyclic amines) is 1. The predicted molar refractivity (Wildman–Crippen MR) is 59.1 cm³/mol. The number of rotatable bonds is 0. The van der Waals surface area contributed by atoms with Gasteiger partial charge in [0.05, 0.1) is 0 Å². The fourth-order valence-corrected chi connectivity index (χ4v) is 3.00. The summed E-state index contributed by atoms with van der Waals surface area (Å²) in [6.45, 7) is 2.04. The normalized spacial score (nSPS) is 30.1. The number of hydrogen-bond acceptors (Lipinski definition) is 2. The van der Waals surface area contributed by atoms with Crippen molar-refractivity contribution in [2.24, 2.45) is 5.92 Å². The topological polar surface area (TPSA) is 20.3 Å². The molecule has 0 bridgehead atoms. The van der Waals surface area contributed by atoms with E-state index in [4.69, 9.17) is 0 Å². The van der Waals surface area contributed by atoms with Crippen molar-refractivity contribution in [3.8, 4) is 0 Å². The van der Waals surface area contributed by atoms with Crippen LogP contribution in [-0.2, 0) is 0 Å². The maximum Gasteiger partial charge on any atom is 0.168 e. The van der Waals surface area contributed by atoms with Crippen molar-refractivity contribution in [3.05, 3.63) is 35.4 Å². The van der Waals surface area contributed by atoms with E-state index in [-0.39, 0.29) is 5.92 Å². The molecule has 0 amide bonds. The van der Waals surface area contributed by atoms with Gasteiger partial charge in [0.15, 0.2) is 5.78 Å². The van der Waals surface area contributed by atoms with Gasteiger partial charge in [-0.25, -0.2) is 0 Å². The first-order valence-electron chi connectivity index (χ1n) is 5.59. The predicted octanol–water partition coefficient (Wildman–Crippen LogP) is 1.92. The maximum atomic E-state index is 12.1. The SMILES string of the molecule is CN1CC[C@H]2c3ccccc3C(=O)[C@H]2C1. The van der Waals surface area contributed by atoms with Crippen LogP contribution < -0.4 is 0 Å². The average molecular weight is 201 g/mol. The summed E-state index contributed by atoms with van der Waals surface area (Å²) >= 11 is 0. The lowest BCUT2D eigenvalue weighted by Gasteiger charge is -2.31. The van der Waals surface area contributed by atoms with Gasteiger partial charge in [-0.05, 0) is 31.5 Å². The van der Waals surface area contributed by atoms with Crippen LogP contribution in [0.15, 0.2) is 24.3 Å². The summed E-state index contributed by atoms with van der Waals surface area (Å²) in [6.07, 6.45) is 1.13. The van der Waals surface area contributed by atoms with Crippen LogP contribution in [0.25, 0.3) is 0 Å². The van der Waals surface area contributed by atoms with Gasteiger partial charge in [-0.1, -0.05) is 24.3 Å². The molecule has 15 heavy (non-hydrogen) atoms. The summed E-state index contributed by atoms with van der Waals surface area (Å²) in [7, 11) is 2.10. The molecule has 0 N–H and O–H groups in total. The van der Waals surface area contributed by atoms with E-state index in [0.717, 1.165) is 25.1 Å². The van der Waals surface area contributed by atoms with Crippen LogP contribution >= 0.6 is 0 Å². The molecule has 3 rings (SSSR count). The van der Waals surface area contributed by atoms with E-state index in [9.17, 15) is 4.79 Å². The molecule has 0 unspecified atom stereocenters. The van der Waals surface area contributed by atoms with Crippen molar-refractivity contribution >= 4 is 5.78 Å². The summed E-state index contributed by atoms with van der Waals surface area (Å²) in [4.78, 5) is 14.4. The van der Waals surface area contributed by atoms with Gasteiger partial charge in [-0.2, -0.15) is 0 Å².